The fourth-order valence-corrected chi connectivity index (χ4v) is 2.43. The Morgan fingerprint density at radius 3 is 2.71 bits per heavy atom. The van der Waals surface area contributed by atoms with Gasteiger partial charge in [-0.1, -0.05) is 24.4 Å². The Bertz CT molecular complexity index is 329. The Labute approximate surface area is 88.7 Å². The van der Waals surface area contributed by atoms with Crippen LogP contribution in [0.2, 0.25) is 5.15 Å². The summed E-state index contributed by atoms with van der Waals surface area (Å²) >= 11 is 6.03. The molecule has 1 heterocycles. The summed E-state index contributed by atoms with van der Waals surface area (Å²) in [4.78, 5) is 0. The Morgan fingerprint density at radius 1 is 1.50 bits per heavy atom. The van der Waals surface area contributed by atoms with Crippen molar-refractivity contribution >= 4 is 11.6 Å². The summed E-state index contributed by atoms with van der Waals surface area (Å²) in [5.74, 6) is 0.510. The molecule has 3 nitrogen and oxygen atoms in total. The lowest BCUT2D eigenvalue weighted by Crippen LogP contribution is -1.98. The topological polar surface area (TPSA) is 38.0 Å². The molecule has 1 aliphatic rings. The lowest BCUT2D eigenvalue weighted by Gasteiger charge is -2.06. The standard InChI is InChI=1S/C10H15ClN2O/c1-13-10(11)8(6-14)9(12-13)7-4-2-3-5-7/h7,14H,2-6H2,1H3. The Balaban J connectivity index is 2.36. The van der Waals surface area contributed by atoms with Crippen LogP contribution in [0.3, 0.4) is 0 Å². The van der Waals surface area contributed by atoms with Gasteiger partial charge in [0, 0.05) is 18.5 Å². The van der Waals surface area contributed by atoms with E-state index < -0.39 is 0 Å². The molecule has 0 unspecified atom stereocenters. The maximum absolute atomic E-state index is 9.24. The minimum atomic E-state index is -0.00148. The van der Waals surface area contributed by atoms with E-state index in [-0.39, 0.29) is 6.61 Å². The van der Waals surface area contributed by atoms with Gasteiger partial charge in [-0.05, 0) is 12.8 Å². The van der Waals surface area contributed by atoms with Crippen molar-refractivity contribution in [2.75, 3.05) is 0 Å². The molecular formula is C10H15ClN2O. The Kier molecular flexibility index (Phi) is 2.79. The molecule has 0 aliphatic heterocycles. The molecule has 1 N–H and O–H groups in total. The first-order chi connectivity index (χ1) is 6.74. The Morgan fingerprint density at radius 2 is 2.14 bits per heavy atom. The quantitative estimate of drug-likeness (QED) is 0.820. The minimum absolute atomic E-state index is 0.00148. The van der Waals surface area contributed by atoms with Gasteiger partial charge in [0.1, 0.15) is 5.15 Å². The summed E-state index contributed by atoms with van der Waals surface area (Å²) in [6, 6.07) is 0. The number of hydrogen-bond acceptors (Lipinski definition) is 2. The predicted octanol–water partition coefficient (Wildman–Crippen LogP) is 2.22. The first-order valence-electron chi connectivity index (χ1n) is 5.06. The number of aromatic nitrogens is 2. The van der Waals surface area contributed by atoms with E-state index in [0.29, 0.717) is 11.1 Å². The van der Waals surface area contributed by atoms with Gasteiger partial charge in [0.15, 0.2) is 0 Å². The number of hydrogen-bond donors (Lipinski definition) is 1. The van der Waals surface area contributed by atoms with Gasteiger partial charge in [-0.25, -0.2) is 0 Å². The maximum Gasteiger partial charge on any atom is 0.132 e. The molecule has 1 aromatic rings. The van der Waals surface area contributed by atoms with Crippen LogP contribution in [0.1, 0.15) is 42.9 Å². The SMILES string of the molecule is Cn1nc(C2CCCC2)c(CO)c1Cl. The Hall–Kier alpha value is -0.540. The third kappa shape index (κ3) is 1.55. The van der Waals surface area contributed by atoms with E-state index in [1.54, 1.807) is 4.68 Å². The lowest BCUT2D eigenvalue weighted by atomic mass is 10.0. The molecule has 1 aliphatic carbocycles. The van der Waals surface area contributed by atoms with Crippen LogP contribution >= 0.6 is 11.6 Å². The molecule has 0 saturated heterocycles. The zero-order valence-electron chi connectivity index (χ0n) is 8.33. The molecule has 2 rings (SSSR count). The van der Waals surface area contributed by atoms with Gasteiger partial charge >= 0.3 is 0 Å². The van der Waals surface area contributed by atoms with Crippen LogP contribution < -0.4 is 0 Å². The van der Waals surface area contributed by atoms with Gasteiger partial charge in [-0.2, -0.15) is 5.10 Å². The van der Waals surface area contributed by atoms with Gasteiger partial charge in [0.2, 0.25) is 0 Å². The molecular weight excluding hydrogens is 200 g/mol. The van der Waals surface area contributed by atoms with Crippen molar-refractivity contribution in [3.63, 3.8) is 0 Å². The normalized spacial score (nSPS) is 17.9. The average Bonchev–Trinajstić information content (AvgIpc) is 2.76. The van der Waals surface area contributed by atoms with Crippen LogP contribution in [0.5, 0.6) is 0 Å². The van der Waals surface area contributed by atoms with E-state index in [0.717, 1.165) is 11.3 Å². The maximum atomic E-state index is 9.24. The summed E-state index contributed by atoms with van der Waals surface area (Å²) in [7, 11) is 1.82. The van der Waals surface area contributed by atoms with Crippen molar-refractivity contribution < 1.29 is 5.11 Å². The molecule has 78 valence electrons. The second kappa shape index (κ2) is 3.91. The van der Waals surface area contributed by atoms with Crippen LogP contribution in [-0.4, -0.2) is 14.9 Å². The number of rotatable bonds is 2. The smallest absolute Gasteiger partial charge is 0.132 e. The lowest BCUT2D eigenvalue weighted by molar-refractivity contribution is 0.280. The summed E-state index contributed by atoms with van der Waals surface area (Å²) in [5.41, 5.74) is 1.83. The van der Waals surface area contributed by atoms with Crippen molar-refractivity contribution in [3.8, 4) is 0 Å². The van der Waals surface area contributed by atoms with Crippen LogP contribution in [0.25, 0.3) is 0 Å². The fraction of sp³-hybridized carbons (Fsp3) is 0.700. The number of aryl methyl sites for hydroxylation is 1. The molecule has 0 aromatic carbocycles. The van der Waals surface area contributed by atoms with Gasteiger partial charge < -0.3 is 5.11 Å². The zero-order valence-corrected chi connectivity index (χ0v) is 9.09. The summed E-state index contributed by atoms with van der Waals surface area (Å²) < 4.78 is 1.65. The average molecular weight is 215 g/mol. The molecule has 1 saturated carbocycles. The zero-order chi connectivity index (χ0) is 10.1. The molecule has 4 heteroatoms. The predicted molar refractivity (Wildman–Crippen MR) is 55.3 cm³/mol. The van der Waals surface area contributed by atoms with E-state index >= 15 is 0 Å². The number of nitrogens with zero attached hydrogens (tertiary/aromatic N) is 2. The third-order valence-electron chi connectivity index (χ3n) is 3.00. The first kappa shape index (κ1) is 9.99. The van der Waals surface area contributed by atoms with E-state index in [1.807, 2.05) is 7.05 Å². The van der Waals surface area contributed by atoms with Crippen molar-refractivity contribution in [1.82, 2.24) is 9.78 Å². The van der Waals surface area contributed by atoms with Crippen molar-refractivity contribution in [2.45, 2.75) is 38.2 Å². The molecule has 0 bridgehead atoms. The molecule has 14 heavy (non-hydrogen) atoms. The van der Waals surface area contributed by atoms with E-state index in [9.17, 15) is 5.11 Å². The van der Waals surface area contributed by atoms with Gasteiger partial charge in [-0.3, -0.25) is 4.68 Å². The van der Waals surface area contributed by atoms with Crippen molar-refractivity contribution in [3.05, 3.63) is 16.4 Å². The number of aliphatic hydroxyl groups is 1. The summed E-state index contributed by atoms with van der Waals surface area (Å²) in [5, 5.41) is 14.2. The van der Waals surface area contributed by atoms with Crippen LogP contribution in [0, 0.1) is 0 Å². The second-order valence-electron chi connectivity index (χ2n) is 3.92. The van der Waals surface area contributed by atoms with E-state index in [2.05, 4.69) is 5.10 Å². The first-order valence-corrected chi connectivity index (χ1v) is 5.44. The van der Waals surface area contributed by atoms with Crippen molar-refractivity contribution in [1.29, 1.82) is 0 Å². The monoisotopic (exact) mass is 214 g/mol. The molecule has 1 aromatic heterocycles. The van der Waals surface area contributed by atoms with Crippen LogP contribution in [0.15, 0.2) is 0 Å². The number of aliphatic hydroxyl groups excluding tert-OH is 1. The highest BCUT2D eigenvalue weighted by molar-refractivity contribution is 6.30. The van der Waals surface area contributed by atoms with Gasteiger partial charge in [0.05, 0.1) is 12.3 Å². The second-order valence-corrected chi connectivity index (χ2v) is 4.28. The number of halogens is 1. The molecule has 0 amide bonds. The largest absolute Gasteiger partial charge is 0.391 e. The highest BCUT2D eigenvalue weighted by Gasteiger charge is 2.24. The minimum Gasteiger partial charge on any atom is -0.391 e. The molecule has 0 radical (unpaired) electrons. The summed E-state index contributed by atoms with van der Waals surface area (Å²) in [6.07, 6.45) is 4.90. The third-order valence-corrected chi connectivity index (χ3v) is 3.47. The van der Waals surface area contributed by atoms with Crippen LogP contribution in [0.4, 0.5) is 0 Å². The van der Waals surface area contributed by atoms with Gasteiger partial charge in [-0.15, -0.1) is 0 Å². The molecule has 0 spiro atoms. The van der Waals surface area contributed by atoms with Crippen LogP contribution in [-0.2, 0) is 13.7 Å². The van der Waals surface area contributed by atoms with E-state index in [1.165, 1.54) is 25.7 Å². The molecule has 1 fully saturated rings. The highest BCUT2D eigenvalue weighted by Crippen LogP contribution is 2.36. The summed E-state index contributed by atoms with van der Waals surface area (Å²) in [6.45, 7) is -0.00148. The highest BCUT2D eigenvalue weighted by atomic mass is 35.5. The van der Waals surface area contributed by atoms with E-state index in [4.69, 9.17) is 11.6 Å². The van der Waals surface area contributed by atoms with Gasteiger partial charge in [0.25, 0.3) is 0 Å². The molecule has 0 atom stereocenters. The van der Waals surface area contributed by atoms with Crippen molar-refractivity contribution in [2.24, 2.45) is 7.05 Å². The fourth-order valence-electron chi connectivity index (χ4n) is 2.24.